The zero-order valence-corrected chi connectivity index (χ0v) is 16.2. The lowest BCUT2D eigenvalue weighted by molar-refractivity contribution is 0.0182. The maximum absolute atomic E-state index is 10.4. The third kappa shape index (κ3) is 3.61. The van der Waals surface area contributed by atoms with Gasteiger partial charge in [-0.2, -0.15) is 0 Å². The largest absolute Gasteiger partial charge is 0.472 e. The van der Waals surface area contributed by atoms with Crippen LogP contribution in [-0.2, 0) is 0 Å². The van der Waals surface area contributed by atoms with E-state index in [4.69, 9.17) is 9.40 Å². The van der Waals surface area contributed by atoms with Gasteiger partial charge in [-0.05, 0) is 62.9 Å². The Hall–Kier alpha value is -3.19. The molecule has 148 valence electrons. The lowest BCUT2D eigenvalue weighted by Gasteiger charge is -2.34. The molecule has 1 fully saturated rings. The molecule has 1 aliphatic rings. The summed E-state index contributed by atoms with van der Waals surface area (Å²) in [6.07, 6.45) is 10.5. The lowest BCUT2D eigenvalue weighted by atomic mass is 9.83. The molecule has 0 unspecified atom stereocenters. The van der Waals surface area contributed by atoms with Crippen molar-refractivity contribution in [2.75, 3.05) is 5.32 Å². The number of imidazole rings is 1. The van der Waals surface area contributed by atoms with Crippen LogP contribution in [0.4, 0.5) is 5.82 Å². The first kappa shape index (κ1) is 17.9. The van der Waals surface area contributed by atoms with Crippen LogP contribution in [0.2, 0.25) is 0 Å². The molecule has 4 heterocycles. The first-order chi connectivity index (χ1) is 14.1. The highest BCUT2D eigenvalue weighted by Crippen LogP contribution is 2.30. The minimum atomic E-state index is -0.609. The summed E-state index contributed by atoms with van der Waals surface area (Å²) >= 11 is 0. The fourth-order valence-electron chi connectivity index (χ4n) is 4.10. The van der Waals surface area contributed by atoms with Crippen LogP contribution >= 0.6 is 0 Å². The minimum Gasteiger partial charge on any atom is -0.472 e. The number of furan rings is 1. The highest BCUT2D eigenvalue weighted by Gasteiger charge is 2.30. The van der Waals surface area contributed by atoms with Crippen molar-refractivity contribution >= 4 is 17.0 Å². The Morgan fingerprint density at radius 2 is 2.17 bits per heavy atom. The van der Waals surface area contributed by atoms with E-state index in [9.17, 15) is 5.11 Å². The number of fused-ring (bicyclic) bond motifs is 1. The second kappa shape index (κ2) is 7.00. The van der Waals surface area contributed by atoms with Gasteiger partial charge in [0.2, 0.25) is 0 Å². The van der Waals surface area contributed by atoms with Gasteiger partial charge >= 0.3 is 0 Å². The van der Waals surface area contributed by atoms with Crippen molar-refractivity contribution in [3.63, 3.8) is 0 Å². The first-order valence-corrected chi connectivity index (χ1v) is 9.89. The monoisotopic (exact) mass is 389 g/mol. The van der Waals surface area contributed by atoms with E-state index in [0.717, 1.165) is 59.6 Å². The van der Waals surface area contributed by atoms with Crippen LogP contribution in [0.5, 0.6) is 0 Å². The molecule has 2 N–H and O–H groups in total. The van der Waals surface area contributed by atoms with Crippen LogP contribution < -0.4 is 5.32 Å². The van der Waals surface area contributed by atoms with Crippen LogP contribution in [0, 0.1) is 0 Å². The SMILES string of the molecule is C[C@]1(O)CCC[C@@H](Nc2ccc3ncn(-c4ccnc(-c5ccoc5)c4)c3n2)C1. The Balaban J connectivity index is 1.47. The van der Waals surface area contributed by atoms with Crippen molar-refractivity contribution in [1.82, 2.24) is 19.5 Å². The van der Waals surface area contributed by atoms with Gasteiger partial charge in [0.1, 0.15) is 17.7 Å². The Labute approximate surface area is 168 Å². The van der Waals surface area contributed by atoms with Gasteiger partial charge in [0.15, 0.2) is 5.65 Å². The number of aliphatic hydroxyl groups is 1. The molecule has 0 amide bonds. The molecule has 7 nitrogen and oxygen atoms in total. The first-order valence-electron chi connectivity index (χ1n) is 9.89. The summed E-state index contributed by atoms with van der Waals surface area (Å²) < 4.78 is 7.14. The molecule has 0 spiro atoms. The Morgan fingerprint density at radius 3 is 3.00 bits per heavy atom. The van der Waals surface area contributed by atoms with E-state index >= 15 is 0 Å². The van der Waals surface area contributed by atoms with Crippen molar-refractivity contribution in [1.29, 1.82) is 0 Å². The predicted octanol–water partition coefficient (Wildman–Crippen LogP) is 4.18. The van der Waals surface area contributed by atoms with Crippen molar-refractivity contribution in [2.45, 2.75) is 44.2 Å². The molecule has 0 aliphatic heterocycles. The topological polar surface area (TPSA) is 89.0 Å². The standard InChI is InChI=1S/C22H23N5O2/c1-22(28)8-2-3-16(12-22)25-20-5-4-18-21(26-20)27(14-24-18)17-6-9-23-19(11-17)15-7-10-29-13-15/h4-7,9-11,13-14,16,28H,2-3,8,12H2,1H3,(H,25,26)/t16-,22+/m1/s1. The Bertz CT molecular complexity index is 1130. The second-order valence-corrected chi connectivity index (χ2v) is 8.00. The number of hydrogen-bond acceptors (Lipinski definition) is 6. The summed E-state index contributed by atoms with van der Waals surface area (Å²) in [7, 11) is 0. The quantitative estimate of drug-likeness (QED) is 0.544. The third-order valence-corrected chi connectivity index (χ3v) is 5.54. The van der Waals surface area contributed by atoms with Crippen molar-refractivity contribution < 1.29 is 9.52 Å². The van der Waals surface area contributed by atoms with Crippen LogP contribution in [0.25, 0.3) is 28.1 Å². The molecule has 0 bridgehead atoms. The predicted molar refractivity (Wildman–Crippen MR) is 111 cm³/mol. The number of pyridine rings is 2. The zero-order valence-electron chi connectivity index (χ0n) is 16.2. The maximum atomic E-state index is 10.4. The maximum Gasteiger partial charge on any atom is 0.166 e. The number of nitrogens with one attached hydrogen (secondary N) is 1. The normalized spacial score (nSPS) is 22.1. The van der Waals surface area contributed by atoms with Crippen LogP contribution in [-0.4, -0.2) is 36.3 Å². The summed E-state index contributed by atoms with van der Waals surface area (Å²) in [6.45, 7) is 1.91. The molecule has 4 aromatic heterocycles. The van der Waals surface area contributed by atoms with Gasteiger partial charge in [0.05, 0.1) is 29.5 Å². The molecule has 0 saturated heterocycles. The number of anilines is 1. The van der Waals surface area contributed by atoms with E-state index in [0.29, 0.717) is 0 Å². The Kier molecular flexibility index (Phi) is 4.32. The van der Waals surface area contributed by atoms with Crippen molar-refractivity contribution in [3.05, 3.63) is 55.4 Å². The molecule has 0 radical (unpaired) electrons. The molecular formula is C22H23N5O2. The van der Waals surface area contributed by atoms with E-state index in [2.05, 4.69) is 15.3 Å². The van der Waals surface area contributed by atoms with E-state index in [1.165, 1.54) is 0 Å². The fraction of sp³-hybridized carbons (Fsp3) is 0.318. The van der Waals surface area contributed by atoms with E-state index in [1.807, 2.05) is 41.8 Å². The van der Waals surface area contributed by atoms with Crippen LogP contribution in [0.3, 0.4) is 0 Å². The highest BCUT2D eigenvalue weighted by molar-refractivity contribution is 5.75. The molecule has 7 heteroatoms. The Morgan fingerprint density at radius 1 is 1.24 bits per heavy atom. The van der Waals surface area contributed by atoms with Gasteiger partial charge in [-0.25, -0.2) is 9.97 Å². The lowest BCUT2D eigenvalue weighted by Crippen LogP contribution is -2.38. The second-order valence-electron chi connectivity index (χ2n) is 8.00. The van der Waals surface area contributed by atoms with Gasteiger partial charge in [-0.15, -0.1) is 0 Å². The zero-order chi connectivity index (χ0) is 19.8. The van der Waals surface area contributed by atoms with E-state index < -0.39 is 5.60 Å². The average Bonchev–Trinajstić information content (AvgIpc) is 3.37. The third-order valence-electron chi connectivity index (χ3n) is 5.54. The average molecular weight is 389 g/mol. The summed E-state index contributed by atoms with van der Waals surface area (Å²) in [5.41, 5.74) is 3.69. The van der Waals surface area contributed by atoms with Crippen LogP contribution in [0.15, 0.2) is 59.8 Å². The molecule has 0 aromatic carbocycles. The number of nitrogens with zero attached hydrogens (tertiary/aromatic N) is 4. The summed E-state index contributed by atoms with van der Waals surface area (Å²) in [5.74, 6) is 0.797. The van der Waals surface area contributed by atoms with Gasteiger partial charge in [-0.1, -0.05) is 0 Å². The van der Waals surface area contributed by atoms with Crippen molar-refractivity contribution in [3.8, 4) is 16.9 Å². The smallest absolute Gasteiger partial charge is 0.166 e. The van der Waals surface area contributed by atoms with Gasteiger partial charge in [0.25, 0.3) is 0 Å². The molecule has 4 aromatic rings. The fourth-order valence-corrected chi connectivity index (χ4v) is 4.10. The molecule has 1 saturated carbocycles. The van der Waals surface area contributed by atoms with Crippen molar-refractivity contribution in [2.24, 2.45) is 0 Å². The van der Waals surface area contributed by atoms with Gasteiger partial charge in [0, 0.05) is 17.8 Å². The molecule has 2 atom stereocenters. The van der Waals surface area contributed by atoms with Crippen LogP contribution in [0.1, 0.15) is 32.6 Å². The number of hydrogen-bond donors (Lipinski definition) is 2. The minimum absolute atomic E-state index is 0.216. The van der Waals surface area contributed by atoms with Gasteiger partial charge in [-0.3, -0.25) is 9.55 Å². The number of aromatic nitrogens is 4. The number of rotatable bonds is 4. The summed E-state index contributed by atoms with van der Waals surface area (Å²) in [6, 6.07) is 9.95. The molecule has 5 rings (SSSR count). The summed E-state index contributed by atoms with van der Waals surface area (Å²) in [5, 5.41) is 13.9. The van der Waals surface area contributed by atoms with Gasteiger partial charge < -0.3 is 14.8 Å². The van der Waals surface area contributed by atoms with E-state index in [-0.39, 0.29) is 6.04 Å². The summed E-state index contributed by atoms with van der Waals surface area (Å²) in [4.78, 5) is 13.7. The van der Waals surface area contributed by atoms with E-state index in [1.54, 1.807) is 25.1 Å². The highest BCUT2D eigenvalue weighted by atomic mass is 16.3. The molecule has 1 aliphatic carbocycles. The molecular weight excluding hydrogens is 366 g/mol. The molecule has 29 heavy (non-hydrogen) atoms.